The van der Waals surface area contributed by atoms with Crippen molar-refractivity contribution in [1.82, 2.24) is 10.2 Å². The lowest BCUT2D eigenvalue weighted by molar-refractivity contribution is -0.122. The van der Waals surface area contributed by atoms with Crippen LogP contribution >= 0.6 is 0 Å². The quantitative estimate of drug-likeness (QED) is 0.446. The molecule has 0 saturated heterocycles. The van der Waals surface area contributed by atoms with Crippen molar-refractivity contribution >= 4 is 11.6 Å². The molecular weight excluding hydrogens is 497 g/mol. The van der Waals surface area contributed by atoms with Gasteiger partial charge < -0.3 is 19.8 Å². The first-order chi connectivity index (χ1) is 17.9. The number of benzene rings is 2. The molecule has 1 aliphatic carbocycles. The molecule has 202 valence electrons. The monoisotopic (exact) mass is 528 g/mol. The van der Waals surface area contributed by atoms with Crippen LogP contribution in [0.3, 0.4) is 0 Å². The van der Waals surface area contributed by atoms with Gasteiger partial charge in [0.2, 0.25) is 11.8 Å². The average Bonchev–Trinajstić information content (AvgIpc) is 3.54. The van der Waals surface area contributed by atoms with E-state index in [0.29, 0.717) is 11.3 Å². The lowest BCUT2D eigenvalue weighted by Gasteiger charge is -2.25. The zero-order chi connectivity index (χ0) is 27.2. The third kappa shape index (κ3) is 5.14. The van der Waals surface area contributed by atoms with E-state index in [1.807, 2.05) is 20.8 Å². The van der Waals surface area contributed by atoms with E-state index >= 15 is 13.2 Å². The number of carbonyl (C=O) groups is 1. The summed E-state index contributed by atoms with van der Waals surface area (Å²) in [5, 5.41) is 7.91. The predicted octanol–water partition coefficient (Wildman–Crippen LogP) is 5.85. The maximum Gasteiger partial charge on any atom is 0.277 e. The summed E-state index contributed by atoms with van der Waals surface area (Å²) >= 11 is 0. The van der Waals surface area contributed by atoms with E-state index in [0.717, 1.165) is 31.7 Å². The van der Waals surface area contributed by atoms with Crippen molar-refractivity contribution in [2.45, 2.75) is 82.9 Å². The zero-order valence-electron chi connectivity index (χ0n) is 21.6. The number of amides is 1. The zero-order valence-corrected chi connectivity index (χ0v) is 21.6. The van der Waals surface area contributed by atoms with Crippen LogP contribution in [0.15, 0.2) is 40.8 Å². The fourth-order valence-corrected chi connectivity index (χ4v) is 4.89. The molecule has 1 aliphatic heterocycles. The molecule has 1 aromatic heterocycles. The lowest BCUT2D eigenvalue weighted by Crippen LogP contribution is -2.43. The molecule has 5 rings (SSSR count). The van der Waals surface area contributed by atoms with Gasteiger partial charge in [0.25, 0.3) is 11.8 Å². The van der Waals surface area contributed by atoms with E-state index in [1.165, 1.54) is 11.0 Å². The third-order valence-electron chi connectivity index (χ3n) is 7.00. The Hall–Kier alpha value is -3.40. The number of rotatable bonds is 5. The molecule has 2 aliphatic rings. The number of alkyl halides is 2. The van der Waals surface area contributed by atoms with Gasteiger partial charge >= 0.3 is 0 Å². The Morgan fingerprint density at radius 3 is 2.45 bits per heavy atom. The number of anilines is 1. The van der Waals surface area contributed by atoms with Crippen molar-refractivity contribution in [3.8, 4) is 17.2 Å². The van der Waals surface area contributed by atoms with Gasteiger partial charge in [-0.05, 0) is 55.5 Å². The standard InChI is InChI=1S/C28H31F3N4O3/c1-27(2,3)26-34-33-24(38-26)19-12-23-20(13-21(19)29)28(30,31)14-22(32)25(36)35(23)15-16-8-10-18(11-9-16)37-17-6-4-5-7-17/h8-13,17,22H,4-7,14-15,32H2,1-3H3/t22-/m1/s1. The summed E-state index contributed by atoms with van der Waals surface area (Å²) in [4.78, 5) is 14.4. The van der Waals surface area contributed by atoms with Crippen LogP contribution in [-0.4, -0.2) is 28.3 Å². The number of fused-ring (bicyclic) bond motifs is 1. The molecule has 1 atom stereocenters. The van der Waals surface area contributed by atoms with Crippen molar-refractivity contribution in [1.29, 1.82) is 0 Å². The maximum atomic E-state index is 15.2. The first kappa shape index (κ1) is 26.2. The fourth-order valence-electron chi connectivity index (χ4n) is 4.89. The molecule has 0 radical (unpaired) electrons. The van der Waals surface area contributed by atoms with Crippen LogP contribution in [0.5, 0.6) is 5.75 Å². The molecular formula is C28H31F3N4O3. The molecule has 38 heavy (non-hydrogen) atoms. The van der Waals surface area contributed by atoms with Gasteiger partial charge in [-0.1, -0.05) is 32.9 Å². The molecule has 1 saturated carbocycles. The third-order valence-corrected chi connectivity index (χ3v) is 7.00. The molecule has 0 spiro atoms. The van der Waals surface area contributed by atoms with E-state index in [2.05, 4.69) is 10.2 Å². The molecule has 1 amide bonds. The van der Waals surface area contributed by atoms with Crippen LogP contribution in [0.25, 0.3) is 11.5 Å². The number of aromatic nitrogens is 2. The smallest absolute Gasteiger partial charge is 0.277 e. The van der Waals surface area contributed by atoms with Crippen molar-refractivity contribution in [2.75, 3.05) is 4.90 Å². The van der Waals surface area contributed by atoms with Gasteiger partial charge in [-0.2, -0.15) is 0 Å². The molecule has 0 unspecified atom stereocenters. The Balaban J connectivity index is 1.52. The van der Waals surface area contributed by atoms with E-state index in [1.54, 1.807) is 24.3 Å². The summed E-state index contributed by atoms with van der Waals surface area (Å²) in [6.45, 7) is 5.51. The SMILES string of the molecule is CC(C)(C)c1nnc(-c2cc3c(cc2F)C(F)(F)C[C@@H](N)C(=O)N3Cc2ccc(OC3CCCC3)cc2)o1. The molecule has 0 bridgehead atoms. The topological polar surface area (TPSA) is 94.5 Å². The maximum absolute atomic E-state index is 15.2. The van der Waals surface area contributed by atoms with E-state index in [9.17, 15) is 4.79 Å². The second-order valence-corrected chi connectivity index (χ2v) is 11.1. The van der Waals surface area contributed by atoms with Gasteiger partial charge in [0.1, 0.15) is 11.6 Å². The second kappa shape index (κ2) is 9.72. The number of hydrogen-bond acceptors (Lipinski definition) is 6. The second-order valence-electron chi connectivity index (χ2n) is 11.1. The van der Waals surface area contributed by atoms with Crippen LogP contribution in [0.4, 0.5) is 18.9 Å². The number of ether oxygens (including phenoxy) is 1. The summed E-state index contributed by atoms with van der Waals surface area (Å²) in [6.07, 6.45) is 3.59. The first-order valence-corrected chi connectivity index (χ1v) is 12.8. The minimum atomic E-state index is -3.52. The van der Waals surface area contributed by atoms with E-state index in [4.69, 9.17) is 14.9 Å². The Morgan fingerprint density at radius 1 is 1.13 bits per heavy atom. The average molecular weight is 529 g/mol. The highest BCUT2D eigenvalue weighted by Gasteiger charge is 2.45. The minimum Gasteiger partial charge on any atom is -0.490 e. The van der Waals surface area contributed by atoms with Crippen LogP contribution in [-0.2, 0) is 22.7 Å². The largest absolute Gasteiger partial charge is 0.490 e. The Kier molecular flexibility index (Phi) is 6.71. The Bertz CT molecular complexity index is 1330. The van der Waals surface area contributed by atoms with Gasteiger partial charge in [0.05, 0.1) is 29.9 Å². The Labute approximate surface area is 219 Å². The fraction of sp³-hybridized carbons (Fsp3) is 0.464. The van der Waals surface area contributed by atoms with Crippen LogP contribution < -0.4 is 15.4 Å². The van der Waals surface area contributed by atoms with Crippen molar-refractivity contribution < 1.29 is 27.1 Å². The molecule has 3 aromatic rings. The van der Waals surface area contributed by atoms with E-state index in [-0.39, 0.29) is 35.7 Å². The Morgan fingerprint density at radius 2 is 1.82 bits per heavy atom. The van der Waals surface area contributed by atoms with Gasteiger partial charge in [0, 0.05) is 17.4 Å². The minimum absolute atomic E-state index is 0.0402. The van der Waals surface area contributed by atoms with Crippen LogP contribution in [0, 0.1) is 5.82 Å². The predicted molar refractivity (Wildman–Crippen MR) is 135 cm³/mol. The number of hydrogen-bond donors (Lipinski definition) is 1. The number of nitrogens with two attached hydrogens (primary N) is 1. The summed E-state index contributed by atoms with van der Waals surface area (Å²) in [7, 11) is 0. The highest BCUT2D eigenvalue weighted by molar-refractivity contribution is 5.99. The van der Waals surface area contributed by atoms with Crippen LogP contribution in [0.1, 0.15) is 69.9 Å². The normalized spacial score (nSPS) is 19.9. The highest BCUT2D eigenvalue weighted by Crippen LogP contribution is 2.45. The summed E-state index contributed by atoms with van der Waals surface area (Å²) in [5.41, 5.74) is 5.16. The van der Waals surface area contributed by atoms with Gasteiger partial charge in [-0.3, -0.25) is 4.79 Å². The summed E-state index contributed by atoms with van der Waals surface area (Å²) < 4.78 is 57.3. The molecule has 1 fully saturated rings. The van der Waals surface area contributed by atoms with Gasteiger partial charge in [-0.15, -0.1) is 10.2 Å². The molecule has 7 nitrogen and oxygen atoms in total. The van der Waals surface area contributed by atoms with Crippen LogP contribution in [0.2, 0.25) is 0 Å². The lowest BCUT2D eigenvalue weighted by atomic mass is 9.97. The van der Waals surface area contributed by atoms with Crippen molar-refractivity contribution in [2.24, 2.45) is 5.73 Å². The van der Waals surface area contributed by atoms with Gasteiger partial charge in [-0.25, -0.2) is 13.2 Å². The van der Waals surface area contributed by atoms with Gasteiger partial charge in [0.15, 0.2) is 0 Å². The van der Waals surface area contributed by atoms with Crippen molar-refractivity contribution in [3.05, 3.63) is 59.2 Å². The number of nitrogens with zero attached hydrogens (tertiary/aromatic N) is 3. The summed E-state index contributed by atoms with van der Waals surface area (Å²) in [5.74, 6) is -4.35. The highest BCUT2D eigenvalue weighted by atomic mass is 19.3. The first-order valence-electron chi connectivity index (χ1n) is 12.8. The van der Waals surface area contributed by atoms with Crippen molar-refractivity contribution in [3.63, 3.8) is 0 Å². The number of carbonyl (C=O) groups excluding carboxylic acids is 1. The summed E-state index contributed by atoms with van der Waals surface area (Å²) in [6, 6.07) is 7.61. The molecule has 10 heteroatoms. The molecule has 2 heterocycles. The molecule has 2 N–H and O–H groups in total. The number of halogens is 3. The van der Waals surface area contributed by atoms with E-state index < -0.39 is 41.1 Å². The molecule has 2 aromatic carbocycles.